The number of benzene rings is 1. The summed E-state index contributed by atoms with van der Waals surface area (Å²) in [5.74, 6) is -1.61. The first-order valence-electron chi connectivity index (χ1n) is 18.3. The summed E-state index contributed by atoms with van der Waals surface area (Å²) in [5, 5.41) is 7.35. The largest absolute Gasteiger partial charge is 0.465 e. The molecule has 1 atom stereocenters. The van der Waals surface area contributed by atoms with Gasteiger partial charge in [0.15, 0.2) is 5.84 Å². The SMILES string of the molecule is CCOC(=O)Cn1cc2c(n1)CCN(C(=O)[C@H](CC(C)C)NC(=O)c1ccc(C(=NC(=O)OC(C)(C)C)N(C(=O)OC(C)(C)C)C(=O)OC(C)(C)C)cc1)C2. The van der Waals surface area contributed by atoms with E-state index in [0.717, 1.165) is 11.3 Å². The van der Waals surface area contributed by atoms with Crippen molar-refractivity contribution in [3.8, 4) is 0 Å². The summed E-state index contributed by atoms with van der Waals surface area (Å²) in [7, 11) is 0. The van der Waals surface area contributed by atoms with E-state index in [1.54, 1.807) is 80.3 Å². The molecule has 0 fully saturated rings. The van der Waals surface area contributed by atoms with Crippen LogP contribution in [-0.4, -0.2) is 97.5 Å². The van der Waals surface area contributed by atoms with Crippen LogP contribution in [0, 0.1) is 5.92 Å². The van der Waals surface area contributed by atoms with Crippen molar-refractivity contribution in [2.24, 2.45) is 10.9 Å². The Hall–Kier alpha value is -5.28. The molecule has 1 aliphatic rings. The van der Waals surface area contributed by atoms with Gasteiger partial charge in [0.1, 0.15) is 29.4 Å². The average molecular weight is 769 g/mol. The lowest BCUT2D eigenvalue weighted by Crippen LogP contribution is -2.50. The number of aliphatic imine (C=N–C) groups is 1. The Morgan fingerprint density at radius 3 is 1.91 bits per heavy atom. The number of nitrogens with zero attached hydrogens (tertiary/aromatic N) is 5. The van der Waals surface area contributed by atoms with E-state index in [9.17, 15) is 28.8 Å². The Balaban J connectivity index is 1.92. The lowest BCUT2D eigenvalue weighted by atomic mass is 10.00. The Kier molecular flexibility index (Phi) is 14.4. The van der Waals surface area contributed by atoms with Gasteiger partial charge in [-0.15, -0.1) is 0 Å². The molecule has 1 aliphatic heterocycles. The van der Waals surface area contributed by atoms with E-state index in [-0.39, 0.29) is 42.6 Å². The zero-order valence-electron chi connectivity index (χ0n) is 34.1. The number of amidine groups is 1. The molecule has 0 radical (unpaired) electrons. The molecule has 1 aromatic heterocycles. The zero-order valence-corrected chi connectivity index (χ0v) is 34.1. The smallest absolute Gasteiger partial charge is 0.436 e. The topological polar surface area (TPSA) is 188 Å². The van der Waals surface area contributed by atoms with Crippen LogP contribution in [-0.2, 0) is 48.0 Å². The quantitative estimate of drug-likeness (QED) is 0.136. The molecule has 0 spiro atoms. The van der Waals surface area contributed by atoms with Gasteiger partial charge in [0.2, 0.25) is 5.91 Å². The van der Waals surface area contributed by atoms with Crippen LogP contribution in [0.1, 0.15) is 117 Å². The molecule has 302 valence electrons. The highest BCUT2D eigenvalue weighted by molar-refractivity contribution is 6.18. The van der Waals surface area contributed by atoms with Crippen molar-refractivity contribution >= 4 is 41.9 Å². The summed E-state index contributed by atoms with van der Waals surface area (Å²) in [4.78, 5) is 85.8. The Bertz CT molecular complexity index is 1730. The molecule has 0 aliphatic carbocycles. The number of carbonyl (C=O) groups is 6. The average Bonchev–Trinajstić information content (AvgIpc) is 3.42. The second kappa shape index (κ2) is 17.9. The summed E-state index contributed by atoms with van der Waals surface area (Å²) >= 11 is 0. The highest BCUT2D eigenvalue weighted by atomic mass is 16.6. The molecule has 5 amide bonds. The summed E-state index contributed by atoms with van der Waals surface area (Å²) < 4.78 is 22.9. The van der Waals surface area contributed by atoms with Gasteiger partial charge >= 0.3 is 24.2 Å². The van der Waals surface area contributed by atoms with Gasteiger partial charge in [-0.1, -0.05) is 26.0 Å². The number of aromatic nitrogens is 2. The van der Waals surface area contributed by atoms with Crippen LogP contribution in [0.25, 0.3) is 0 Å². The molecule has 2 heterocycles. The van der Waals surface area contributed by atoms with Crippen LogP contribution in [0.3, 0.4) is 0 Å². The number of hydrogen-bond acceptors (Lipinski definition) is 11. The minimum Gasteiger partial charge on any atom is -0.465 e. The lowest BCUT2D eigenvalue weighted by Gasteiger charge is -2.31. The lowest BCUT2D eigenvalue weighted by molar-refractivity contribution is -0.144. The minimum absolute atomic E-state index is 0.0337. The molecule has 1 aromatic carbocycles. The fraction of sp³-hybridized carbons (Fsp3) is 0.590. The van der Waals surface area contributed by atoms with Crippen molar-refractivity contribution in [1.29, 1.82) is 0 Å². The molecule has 0 saturated heterocycles. The molecule has 16 nitrogen and oxygen atoms in total. The monoisotopic (exact) mass is 768 g/mol. The molecule has 2 aromatic rings. The normalized spacial score (nSPS) is 14.1. The third-order valence-corrected chi connectivity index (χ3v) is 7.48. The van der Waals surface area contributed by atoms with Crippen molar-refractivity contribution in [3.05, 3.63) is 52.8 Å². The summed E-state index contributed by atoms with van der Waals surface area (Å²) in [6.45, 7) is 21.1. The van der Waals surface area contributed by atoms with E-state index < -0.39 is 58.8 Å². The maximum Gasteiger partial charge on any atom is 0.436 e. The number of amides is 5. The van der Waals surface area contributed by atoms with Crippen molar-refractivity contribution in [2.75, 3.05) is 13.2 Å². The zero-order chi connectivity index (χ0) is 41.5. The number of fused-ring (bicyclic) bond motifs is 1. The second-order valence-electron chi connectivity index (χ2n) is 16.6. The fourth-order valence-corrected chi connectivity index (χ4v) is 5.38. The Morgan fingerprint density at radius 1 is 0.855 bits per heavy atom. The first kappa shape index (κ1) is 44.1. The molecule has 0 unspecified atom stereocenters. The summed E-state index contributed by atoms with van der Waals surface area (Å²) in [6, 6.07) is 4.78. The van der Waals surface area contributed by atoms with Gasteiger partial charge in [0, 0.05) is 42.4 Å². The highest BCUT2D eigenvalue weighted by Gasteiger charge is 2.37. The first-order chi connectivity index (χ1) is 25.4. The molecular weight excluding hydrogens is 712 g/mol. The predicted molar refractivity (Wildman–Crippen MR) is 202 cm³/mol. The maximum atomic E-state index is 13.9. The molecule has 16 heteroatoms. The van der Waals surface area contributed by atoms with Crippen LogP contribution < -0.4 is 5.32 Å². The van der Waals surface area contributed by atoms with Crippen molar-refractivity contribution in [3.63, 3.8) is 0 Å². The van der Waals surface area contributed by atoms with Gasteiger partial charge < -0.3 is 29.2 Å². The van der Waals surface area contributed by atoms with E-state index >= 15 is 0 Å². The van der Waals surface area contributed by atoms with Crippen LogP contribution in [0.15, 0.2) is 35.5 Å². The van der Waals surface area contributed by atoms with E-state index in [0.29, 0.717) is 24.3 Å². The number of hydrogen-bond donors (Lipinski definition) is 1. The fourth-order valence-electron chi connectivity index (χ4n) is 5.38. The van der Waals surface area contributed by atoms with Crippen LogP contribution in [0.4, 0.5) is 14.4 Å². The van der Waals surface area contributed by atoms with Gasteiger partial charge in [0.25, 0.3) is 5.91 Å². The number of rotatable bonds is 9. The van der Waals surface area contributed by atoms with Gasteiger partial charge in [0.05, 0.1) is 12.3 Å². The molecule has 0 bridgehead atoms. The molecule has 55 heavy (non-hydrogen) atoms. The maximum absolute atomic E-state index is 13.9. The van der Waals surface area contributed by atoms with Gasteiger partial charge in [-0.25, -0.2) is 14.4 Å². The number of ether oxygens (including phenoxy) is 4. The van der Waals surface area contributed by atoms with E-state index in [1.807, 2.05) is 13.8 Å². The van der Waals surface area contributed by atoms with Crippen molar-refractivity contribution in [1.82, 2.24) is 24.9 Å². The second-order valence-corrected chi connectivity index (χ2v) is 16.6. The highest BCUT2D eigenvalue weighted by Crippen LogP contribution is 2.22. The molecule has 0 saturated carbocycles. The number of esters is 1. The minimum atomic E-state index is -1.16. The van der Waals surface area contributed by atoms with Gasteiger partial charge in [-0.3, -0.25) is 19.1 Å². The summed E-state index contributed by atoms with van der Waals surface area (Å²) in [6.07, 6.45) is -0.822. The number of carbonyl (C=O) groups excluding carboxylic acids is 6. The third kappa shape index (κ3) is 13.8. The molecular formula is C39H56N6O10. The van der Waals surface area contributed by atoms with Crippen molar-refractivity contribution in [2.45, 2.75) is 132 Å². The first-order valence-corrected chi connectivity index (χ1v) is 18.3. The predicted octanol–water partition coefficient (Wildman–Crippen LogP) is 6.03. The Morgan fingerprint density at radius 2 is 1.40 bits per heavy atom. The number of imide groups is 1. The molecule has 3 rings (SSSR count). The summed E-state index contributed by atoms with van der Waals surface area (Å²) in [5.41, 5.74) is -1.19. The Labute approximate surface area is 322 Å². The van der Waals surface area contributed by atoms with Gasteiger partial charge in [-0.2, -0.15) is 15.0 Å². The van der Waals surface area contributed by atoms with E-state index in [2.05, 4.69) is 15.4 Å². The van der Waals surface area contributed by atoms with Crippen LogP contribution >= 0.6 is 0 Å². The van der Waals surface area contributed by atoms with E-state index in [1.165, 1.54) is 28.9 Å². The van der Waals surface area contributed by atoms with Crippen LogP contribution in [0.2, 0.25) is 0 Å². The van der Waals surface area contributed by atoms with Crippen LogP contribution in [0.5, 0.6) is 0 Å². The standard InChI is InChI=1S/C39H56N6O10/c1-13-52-30(46)23-44-22-27-21-43(19-18-28(27)42-44)33(48)29(20-24(2)3)40-32(47)26-16-14-25(15-17-26)31(41-34(49)53-37(4,5)6)45(35(50)54-38(7,8)9)36(51)55-39(10,11)12/h14-17,22,24,29H,13,18-21,23H2,1-12H3,(H,40,47)/t29-/m0/s1. The van der Waals surface area contributed by atoms with E-state index in [4.69, 9.17) is 18.9 Å². The number of nitrogens with one attached hydrogen (secondary N) is 1. The van der Waals surface area contributed by atoms with Crippen molar-refractivity contribution < 1.29 is 47.7 Å². The van der Waals surface area contributed by atoms with Gasteiger partial charge in [-0.05, 0) is 93.7 Å². The third-order valence-electron chi connectivity index (χ3n) is 7.48. The molecule has 1 N–H and O–H groups in total.